The lowest BCUT2D eigenvalue weighted by Crippen LogP contribution is -2.00. The average molecular weight is 189 g/mol. The zero-order valence-electron chi connectivity index (χ0n) is 7.11. The van der Waals surface area contributed by atoms with Crippen LogP contribution in [0.4, 0.5) is 0 Å². The minimum atomic E-state index is -1.08. The summed E-state index contributed by atoms with van der Waals surface area (Å²) in [6, 6.07) is 0. The molecule has 0 heterocycles. The summed E-state index contributed by atoms with van der Waals surface area (Å²) >= 11 is 0. The fourth-order valence-corrected chi connectivity index (χ4v) is 0.273. The molecule has 6 nitrogen and oxygen atoms in total. The molecular formula is C7H11NO5. The third kappa shape index (κ3) is 25.4. The maximum Gasteiger partial charge on any atom is 0.303 e. The maximum absolute atomic E-state index is 9.64. The molecule has 0 radical (unpaired) electrons. The largest absolute Gasteiger partial charge is 0.481 e. The van der Waals surface area contributed by atoms with Crippen molar-refractivity contribution in [2.24, 2.45) is 0 Å². The van der Waals surface area contributed by atoms with Gasteiger partial charge in [0.15, 0.2) is 0 Å². The van der Waals surface area contributed by atoms with E-state index < -0.39 is 11.9 Å². The highest BCUT2D eigenvalue weighted by atomic mass is 16.4. The number of nitrogens with one attached hydrogen (secondary N) is 1. The molecule has 6 heteroatoms. The van der Waals surface area contributed by atoms with Crippen molar-refractivity contribution in [1.82, 2.24) is 5.32 Å². The number of carboxylic acid groups (broad SMARTS) is 2. The Kier molecular flexibility index (Phi) is 10.8. The summed E-state index contributed by atoms with van der Waals surface area (Å²) in [6.07, 6.45) is 0.602. The van der Waals surface area contributed by atoms with Crippen LogP contribution >= 0.6 is 0 Å². The van der Waals surface area contributed by atoms with E-state index in [4.69, 9.17) is 15.0 Å². The molecule has 0 aromatic heterocycles. The Morgan fingerprint density at radius 3 is 1.77 bits per heavy atom. The van der Waals surface area contributed by atoms with Crippen LogP contribution in [0.25, 0.3) is 0 Å². The molecule has 0 aliphatic carbocycles. The van der Waals surface area contributed by atoms with Crippen molar-refractivity contribution in [2.75, 3.05) is 7.05 Å². The van der Waals surface area contributed by atoms with Crippen LogP contribution in [0, 0.1) is 0 Å². The van der Waals surface area contributed by atoms with Gasteiger partial charge in [-0.05, 0) is 0 Å². The van der Waals surface area contributed by atoms with Crippen LogP contribution < -0.4 is 5.32 Å². The summed E-state index contributed by atoms with van der Waals surface area (Å²) in [5.74, 6) is -0.622. The van der Waals surface area contributed by atoms with E-state index in [-0.39, 0.29) is 12.8 Å². The first-order chi connectivity index (χ1) is 6.04. The van der Waals surface area contributed by atoms with Gasteiger partial charge in [0.05, 0.1) is 19.0 Å². The Morgan fingerprint density at radius 2 is 1.69 bits per heavy atom. The minimum Gasteiger partial charge on any atom is -0.481 e. The fraction of sp³-hybridized carbons (Fsp3) is 0.429. The summed E-state index contributed by atoms with van der Waals surface area (Å²) in [4.78, 5) is 28.4. The summed E-state index contributed by atoms with van der Waals surface area (Å²) in [5.41, 5.74) is 0. The Balaban J connectivity index is 0. The van der Waals surface area contributed by atoms with E-state index in [1.807, 2.05) is 0 Å². The van der Waals surface area contributed by atoms with Crippen LogP contribution in [0.15, 0.2) is 6.20 Å². The molecule has 3 N–H and O–H groups in total. The van der Waals surface area contributed by atoms with Crippen molar-refractivity contribution in [3.05, 3.63) is 6.20 Å². The van der Waals surface area contributed by atoms with Gasteiger partial charge in [-0.2, -0.15) is 0 Å². The second kappa shape index (κ2) is 10.2. The van der Waals surface area contributed by atoms with Gasteiger partial charge in [0.2, 0.25) is 0 Å². The molecule has 0 amide bonds. The first-order valence-corrected chi connectivity index (χ1v) is 3.34. The molecule has 0 rings (SSSR count). The van der Waals surface area contributed by atoms with E-state index in [2.05, 4.69) is 5.32 Å². The molecule has 0 aromatic rings. The topological polar surface area (TPSA) is 104 Å². The monoisotopic (exact) mass is 189 g/mol. The smallest absolute Gasteiger partial charge is 0.303 e. The van der Waals surface area contributed by atoms with Gasteiger partial charge in [0, 0.05) is 7.05 Å². The summed E-state index contributed by atoms with van der Waals surface area (Å²) in [7, 11) is 1.64. The fourth-order valence-electron chi connectivity index (χ4n) is 0.273. The molecule has 0 saturated heterocycles. The van der Waals surface area contributed by atoms with Gasteiger partial charge in [-0.25, -0.2) is 4.79 Å². The highest BCUT2D eigenvalue weighted by Crippen LogP contribution is 1.86. The van der Waals surface area contributed by atoms with Crippen LogP contribution in [-0.2, 0) is 14.4 Å². The van der Waals surface area contributed by atoms with Crippen LogP contribution in [0.5, 0.6) is 0 Å². The SMILES string of the molecule is CNC=C=O.O=C(O)CCC(=O)O. The van der Waals surface area contributed by atoms with Crippen molar-refractivity contribution in [3.63, 3.8) is 0 Å². The zero-order valence-corrected chi connectivity index (χ0v) is 7.11. The quantitative estimate of drug-likeness (QED) is 0.514. The standard InChI is InChI=1S/C4H6O4.C3H5NO/c5-3(6)1-2-4(7)8;1-4-2-3-5/h1-2H2,(H,5,6)(H,7,8);2,4H,1H3. The van der Waals surface area contributed by atoms with E-state index in [0.717, 1.165) is 0 Å². The highest BCUT2D eigenvalue weighted by molar-refractivity contribution is 5.75. The number of aliphatic carboxylic acids is 2. The molecular weight excluding hydrogens is 178 g/mol. The van der Waals surface area contributed by atoms with E-state index in [0.29, 0.717) is 0 Å². The highest BCUT2D eigenvalue weighted by Gasteiger charge is 2.00. The number of hydrogen-bond acceptors (Lipinski definition) is 4. The molecule has 74 valence electrons. The third-order valence-electron chi connectivity index (χ3n) is 0.756. The summed E-state index contributed by atoms with van der Waals surface area (Å²) in [5, 5.41) is 18.3. The van der Waals surface area contributed by atoms with Gasteiger partial charge < -0.3 is 15.5 Å². The van der Waals surface area contributed by atoms with Crippen molar-refractivity contribution in [1.29, 1.82) is 0 Å². The normalized spacial score (nSPS) is 7.15. The molecule has 0 fully saturated rings. The number of hydrogen-bond donors (Lipinski definition) is 3. The number of carbonyl (C=O) groups is 2. The van der Waals surface area contributed by atoms with E-state index in [9.17, 15) is 9.59 Å². The van der Waals surface area contributed by atoms with Crippen LogP contribution in [0.2, 0.25) is 0 Å². The maximum atomic E-state index is 9.64. The van der Waals surface area contributed by atoms with Crippen LogP contribution in [-0.4, -0.2) is 35.1 Å². The first kappa shape index (κ1) is 13.8. The lowest BCUT2D eigenvalue weighted by molar-refractivity contribution is -0.143. The predicted octanol–water partition coefficient (Wildman–Crippen LogP) is -0.513. The first-order valence-electron chi connectivity index (χ1n) is 3.34. The van der Waals surface area contributed by atoms with Crippen molar-refractivity contribution >= 4 is 17.9 Å². The summed E-state index contributed by atoms with van der Waals surface area (Å²) < 4.78 is 0. The van der Waals surface area contributed by atoms with E-state index in [1.54, 1.807) is 7.05 Å². The van der Waals surface area contributed by atoms with Gasteiger partial charge in [-0.3, -0.25) is 9.59 Å². The summed E-state index contributed by atoms with van der Waals surface area (Å²) in [6.45, 7) is 0. The second-order valence-electron chi connectivity index (χ2n) is 1.84. The van der Waals surface area contributed by atoms with Crippen LogP contribution in [0.1, 0.15) is 12.8 Å². The Morgan fingerprint density at radius 1 is 1.31 bits per heavy atom. The van der Waals surface area contributed by atoms with Crippen molar-refractivity contribution in [3.8, 4) is 0 Å². The predicted molar refractivity (Wildman–Crippen MR) is 43.8 cm³/mol. The van der Waals surface area contributed by atoms with Crippen molar-refractivity contribution in [2.45, 2.75) is 12.8 Å². The number of carbonyl (C=O) groups excluding carboxylic acids is 1. The average Bonchev–Trinajstić information content (AvgIpc) is 2.03. The molecule has 0 aliphatic heterocycles. The molecule has 0 spiro atoms. The van der Waals surface area contributed by atoms with Gasteiger partial charge in [-0.15, -0.1) is 0 Å². The Hall–Kier alpha value is -1.81. The van der Waals surface area contributed by atoms with Crippen LogP contribution in [0.3, 0.4) is 0 Å². The minimum absolute atomic E-state index is 0.296. The van der Waals surface area contributed by atoms with Gasteiger partial charge >= 0.3 is 11.9 Å². The number of rotatable bonds is 4. The Bertz CT molecular complexity index is 193. The molecule has 0 atom stereocenters. The lowest BCUT2D eigenvalue weighted by atomic mass is 10.3. The third-order valence-corrected chi connectivity index (χ3v) is 0.756. The zero-order chi connectivity index (χ0) is 10.7. The van der Waals surface area contributed by atoms with Gasteiger partial charge in [0.1, 0.15) is 5.94 Å². The molecule has 0 saturated carbocycles. The lowest BCUT2D eigenvalue weighted by Gasteiger charge is -1.85. The van der Waals surface area contributed by atoms with E-state index in [1.165, 1.54) is 12.1 Å². The molecule has 0 aromatic carbocycles. The Labute approximate surface area is 74.9 Å². The second-order valence-corrected chi connectivity index (χ2v) is 1.84. The molecule has 13 heavy (non-hydrogen) atoms. The van der Waals surface area contributed by atoms with E-state index >= 15 is 0 Å². The van der Waals surface area contributed by atoms with Gasteiger partial charge in [-0.1, -0.05) is 0 Å². The molecule has 0 bridgehead atoms. The molecule has 0 aliphatic rings. The number of carboxylic acids is 2. The van der Waals surface area contributed by atoms with Crippen molar-refractivity contribution < 1.29 is 24.6 Å². The van der Waals surface area contributed by atoms with Gasteiger partial charge in [0.25, 0.3) is 0 Å². The molecule has 0 unspecified atom stereocenters.